The molecule has 0 saturated carbocycles. The average molecular weight is 522 g/mol. The highest BCUT2D eigenvalue weighted by molar-refractivity contribution is 7.91. The number of amides is 1. The SMILES string of the molecule is Cc1nn([C@@H]2CCS(=O)(=O)C2)c(Cl)c1/C=C/C(=O)O[C@@H](C)C(=O)Nc1ncc(Cl)cc1Cl. The second-order valence-electron chi connectivity index (χ2n) is 7.18. The average Bonchev–Trinajstić information content (AvgIpc) is 3.20. The number of carbonyl (C=O) groups is 2. The third-order valence-corrected chi connectivity index (χ3v) is 7.34. The second kappa shape index (κ2) is 9.78. The van der Waals surface area contributed by atoms with Crippen LogP contribution >= 0.6 is 34.8 Å². The molecule has 172 valence electrons. The smallest absolute Gasteiger partial charge is 0.331 e. The highest BCUT2D eigenvalue weighted by Crippen LogP contribution is 2.30. The number of nitrogens with one attached hydrogen (secondary N) is 1. The topological polar surface area (TPSA) is 120 Å². The number of nitrogens with zero attached hydrogens (tertiary/aromatic N) is 3. The number of pyridine rings is 1. The molecule has 9 nitrogen and oxygen atoms in total. The van der Waals surface area contributed by atoms with Crippen molar-refractivity contribution in [2.24, 2.45) is 0 Å². The predicted molar refractivity (Wildman–Crippen MR) is 122 cm³/mol. The first-order valence-electron chi connectivity index (χ1n) is 9.42. The summed E-state index contributed by atoms with van der Waals surface area (Å²) in [5, 5.41) is 7.44. The van der Waals surface area contributed by atoms with Crippen LogP contribution in [0.15, 0.2) is 18.3 Å². The highest BCUT2D eigenvalue weighted by atomic mass is 35.5. The van der Waals surface area contributed by atoms with Gasteiger partial charge in [0, 0.05) is 17.8 Å². The first-order chi connectivity index (χ1) is 15.0. The maximum Gasteiger partial charge on any atom is 0.331 e. The first-order valence-corrected chi connectivity index (χ1v) is 12.4. The van der Waals surface area contributed by atoms with Crippen molar-refractivity contribution in [3.63, 3.8) is 0 Å². The summed E-state index contributed by atoms with van der Waals surface area (Å²) in [6.07, 6.45) is 3.13. The molecule has 2 atom stereocenters. The van der Waals surface area contributed by atoms with E-state index in [4.69, 9.17) is 39.5 Å². The Hall–Kier alpha value is -2.14. The standard InChI is InChI=1S/C19H19Cl3N4O5S/c1-10-14(17(22)26(25-10)13-5-6-32(29,30)9-13)3-4-16(27)31-11(2)19(28)24-18-15(21)7-12(20)8-23-18/h3-4,7-8,11,13H,5-6,9H2,1-2H3,(H,23,24,28)/b4-3+/t11-,13+/m0/s1. The van der Waals surface area contributed by atoms with Gasteiger partial charge < -0.3 is 10.1 Å². The minimum absolute atomic E-state index is 0.0296. The monoisotopic (exact) mass is 520 g/mol. The summed E-state index contributed by atoms with van der Waals surface area (Å²) in [4.78, 5) is 28.3. The molecule has 3 rings (SSSR count). The minimum atomic E-state index is -3.11. The van der Waals surface area contributed by atoms with Gasteiger partial charge in [-0.05, 0) is 32.4 Å². The molecular weight excluding hydrogens is 503 g/mol. The third kappa shape index (κ3) is 5.80. The Bertz CT molecular complexity index is 1200. The van der Waals surface area contributed by atoms with Crippen molar-refractivity contribution in [2.45, 2.75) is 32.4 Å². The molecule has 3 heterocycles. The third-order valence-electron chi connectivity index (χ3n) is 4.72. The Labute approximate surface area is 199 Å². The van der Waals surface area contributed by atoms with Crippen molar-refractivity contribution in [3.05, 3.63) is 44.8 Å². The van der Waals surface area contributed by atoms with E-state index in [2.05, 4.69) is 15.4 Å². The molecule has 0 unspecified atom stereocenters. The Morgan fingerprint density at radius 2 is 2.06 bits per heavy atom. The molecule has 0 aliphatic carbocycles. The van der Waals surface area contributed by atoms with Gasteiger partial charge in [0.2, 0.25) is 0 Å². The van der Waals surface area contributed by atoms with Gasteiger partial charge in [0.25, 0.3) is 5.91 Å². The molecule has 32 heavy (non-hydrogen) atoms. The molecule has 0 bridgehead atoms. The number of hydrogen-bond donors (Lipinski definition) is 1. The van der Waals surface area contributed by atoms with E-state index >= 15 is 0 Å². The number of anilines is 1. The van der Waals surface area contributed by atoms with Crippen molar-refractivity contribution in [1.82, 2.24) is 14.8 Å². The van der Waals surface area contributed by atoms with E-state index in [9.17, 15) is 18.0 Å². The molecule has 1 aliphatic rings. The van der Waals surface area contributed by atoms with Crippen molar-refractivity contribution in [3.8, 4) is 0 Å². The summed E-state index contributed by atoms with van der Waals surface area (Å²) in [6, 6.07) is 1.07. The fourth-order valence-electron chi connectivity index (χ4n) is 3.07. The van der Waals surface area contributed by atoms with Gasteiger partial charge in [-0.25, -0.2) is 22.9 Å². The number of sulfone groups is 1. The molecule has 0 spiro atoms. The summed E-state index contributed by atoms with van der Waals surface area (Å²) in [7, 11) is -3.11. The molecule has 1 fully saturated rings. The summed E-state index contributed by atoms with van der Waals surface area (Å²) >= 11 is 18.1. The number of aryl methyl sites for hydroxylation is 1. The summed E-state index contributed by atoms with van der Waals surface area (Å²) in [5.74, 6) is -1.27. The molecular formula is C19H19Cl3N4O5S. The van der Waals surface area contributed by atoms with Gasteiger partial charge in [-0.1, -0.05) is 34.8 Å². The normalized spacial score (nSPS) is 18.6. The number of ether oxygens (including phenoxy) is 1. The minimum Gasteiger partial charge on any atom is -0.449 e. The van der Waals surface area contributed by atoms with Crippen LogP contribution in [0.2, 0.25) is 15.2 Å². The van der Waals surface area contributed by atoms with Gasteiger partial charge >= 0.3 is 5.97 Å². The van der Waals surface area contributed by atoms with Crippen LogP contribution in [0.4, 0.5) is 5.82 Å². The summed E-state index contributed by atoms with van der Waals surface area (Å²) < 4.78 is 30.0. The van der Waals surface area contributed by atoms with Gasteiger partial charge in [0.1, 0.15) is 5.15 Å². The van der Waals surface area contributed by atoms with E-state index in [-0.39, 0.29) is 33.5 Å². The lowest BCUT2D eigenvalue weighted by atomic mass is 10.2. The number of halogens is 3. The van der Waals surface area contributed by atoms with E-state index in [0.29, 0.717) is 22.7 Å². The lowest BCUT2D eigenvalue weighted by Crippen LogP contribution is -2.29. The molecule has 13 heteroatoms. The van der Waals surface area contributed by atoms with E-state index in [0.717, 1.165) is 6.08 Å². The van der Waals surface area contributed by atoms with Gasteiger partial charge in [-0.15, -0.1) is 0 Å². The van der Waals surface area contributed by atoms with Crippen LogP contribution in [0.5, 0.6) is 0 Å². The molecule has 1 aliphatic heterocycles. The fourth-order valence-corrected chi connectivity index (χ4v) is 5.57. The van der Waals surface area contributed by atoms with Crippen LogP contribution < -0.4 is 5.32 Å². The molecule has 0 radical (unpaired) electrons. The molecule has 1 N–H and O–H groups in total. The molecule has 1 saturated heterocycles. The predicted octanol–water partition coefficient (Wildman–Crippen LogP) is 3.49. The van der Waals surface area contributed by atoms with E-state index in [1.807, 2.05) is 0 Å². The zero-order chi connectivity index (χ0) is 23.6. The number of aromatic nitrogens is 3. The number of rotatable bonds is 6. The number of hydrogen-bond acceptors (Lipinski definition) is 7. The quantitative estimate of drug-likeness (QED) is 0.456. The van der Waals surface area contributed by atoms with Crippen LogP contribution in [0.3, 0.4) is 0 Å². The van der Waals surface area contributed by atoms with E-state index in [1.165, 1.54) is 29.9 Å². The van der Waals surface area contributed by atoms with Crippen molar-refractivity contribution < 1.29 is 22.7 Å². The van der Waals surface area contributed by atoms with Crippen LogP contribution in [0.25, 0.3) is 6.08 Å². The maximum atomic E-state index is 12.2. The van der Waals surface area contributed by atoms with Crippen LogP contribution in [-0.2, 0) is 24.2 Å². The Morgan fingerprint density at radius 1 is 1.34 bits per heavy atom. The zero-order valence-electron chi connectivity index (χ0n) is 17.0. The lowest BCUT2D eigenvalue weighted by Gasteiger charge is -2.12. The maximum absolute atomic E-state index is 12.2. The van der Waals surface area contributed by atoms with Crippen molar-refractivity contribution >= 4 is 68.4 Å². The van der Waals surface area contributed by atoms with Crippen molar-refractivity contribution in [1.29, 1.82) is 0 Å². The first kappa shape index (κ1) is 24.5. The van der Waals surface area contributed by atoms with Gasteiger partial charge in [-0.3, -0.25) is 4.79 Å². The lowest BCUT2D eigenvalue weighted by molar-refractivity contribution is -0.148. The number of carbonyl (C=O) groups excluding carboxylic acids is 2. The summed E-state index contributed by atoms with van der Waals surface area (Å²) in [5.41, 5.74) is 0.986. The summed E-state index contributed by atoms with van der Waals surface area (Å²) in [6.45, 7) is 3.08. The van der Waals surface area contributed by atoms with E-state index in [1.54, 1.807) is 6.92 Å². The molecule has 1 amide bonds. The molecule has 2 aromatic heterocycles. The van der Waals surface area contributed by atoms with Gasteiger partial charge in [0.15, 0.2) is 21.8 Å². The Balaban J connectivity index is 1.63. The Kier molecular flexibility index (Phi) is 7.49. The van der Waals surface area contributed by atoms with E-state index < -0.39 is 27.8 Å². The van der Waals surface area contributed by atoms with Gasteiger partial charge in [0.05, 0.1) is 33.3 Å². The number of esters is 1. The largest absolute Gasteiger partial charge is 0.449 e. The van der Waals surface area contributed by atoms with Crippen LogP contribution in [-0.4, -0.2) is 52.7 Å². The zero-order valence-corrected chi connectivity index (χ0v) is 20.1. The second-order valence-corrected chi connectivity index (χ2v) is 10.6. The highest BCUT2D eigenvalue weighted by Gasteiger charge is 2.31. The van der Waals surface area contributed by atoms with Crippen LogP contribution in [0, 0.1) is 6.92 Å². The Morgan fingerprint density at radius 3 is 2.69 bits per heavy atom. The molecule has 2 aromatic rings. The molecule has 0 aromatic carbocycles. The fraction of sp³-hybridized carbons (Fsp3) is 0.368. The van der Waals surface area contributed by atoms with Crippen molar-refractivity contribution in [2.75, 3.05) is 16.8 Å². The van der Waals surface area contributed by atoms with Crippen LogP contribution in [0.1, 0.15) is 30.6 Å². The van der Waals surface area contributed by atoms with Gasteiger partial charge in [-0.2, -0.15) is 5.10 Å².